The van der Waals surface area contributed by atoms with Gasteiger partial charge >= 0.3 is 6.03 Å². The average Bonchev–Trinajstić information content (AvgIpc) is 2.84. The van der Waals surface area contributed by atoms with Gasteiger partial charge in [0.1, 0.15) is 0 Å². The zero-order valence-corrected chi connectivity index (χ0v) is 20.1. The molecule has 4 rings (SSSR count). The van der Waals surface area contributed by atoms with E-state index >= 15 is 0 Å². The zero-order valence-electron chi connectivity index (χ0n) is 18.6. The van der Waals surface area contributed by atoms with Crippen LogP contribution < -0.4 is 15.5 Å². The predicted molar refractivity (Wildman–Crippen MR) is 130 cm³/mol. The number of nitrogens with zero attached hydrogens (tertiary/aromatic N) is 3. The van der Waals surface area contributed by atoms with Gasteiger partial charge in [-0.3, -0.25) is 25.1 Å². The molecule has 0 aromatic heterocycles. The smallest absolute Gasteiger partial charge is 0.315 e. The number of carbonyl (C=O) groups excluding carboxylic acids is 3. The first kappa shape index (κ1) is 23.6. The third kappa shape index (κ3) is 4.72. The maximum atomic E-state index is 13.1. The van der Waals surface area contributed by atoms with Gasteiger partial charge in [0, 0.05) is 31.9 Å². The minimum atomic E-state index is -0.562. The van der Waals surface area contributed by atoms with Gasteiger partial charge in [0.15, 0.2) is 0 Å². The van der Waals surface area contributed by atoms with E-state index < -0.39 is 17.5 Å². The van der Waals surface area contributed by atoms with E-state index in [-0.39, 0.29) is 29.8 Å². The summed E-state index contributed by atoms with van der Waals surface area (Å²) in [5.41, 5.74) is 1.68. The Labute approximate surface area is 202 Å². The van der Waals surface area contributed by atoms with E-state index in [2.05, 4.69) is 10.6 Å². The monoisotopic (exact) mass is 487 g/mol. The van der Waals surface area contributed by atoms with Gasteiger partial charge in [0.2, 0.25) is 11.8 Å². The van der Waals surface area contributed by atoms with E-state index in [1.165, 1.54) is 23.7 Å². The number of para-hydroxylation sites is 1. The molecule has 0 radical (unpaired) electrons. The molecule has 2 heterocycles. The highest BCUT2D eigenvalue weighted by atomic mass is 35.5. The van der Waals surface area contributed by atoms with Gasteiger partial charge in [-0.15, -0.1) is 11.8 Å². The third-order valence-electron chi connectivity index (χ3n) is 6.04. The fourth-order valence-electron chi connectivity index (χ4n) is 4.13. The maximum absolute atomic E-state index is 13.1. The Morgan fingerprint density at radius 2 is 1.82 bits per heavy atom. The normalized spacial score (nSPS) is 25.1. The fourth-order valence-corrected chi connectivity index (χ4v) is 5.55. The van der Waals surface area contributed by atoms with Crippen molar-refractivity contribution in [1.82, 2.24) is 20.4 Å². The molecule has 0 spiro atoms. The van der Waals surface area contributed by atoms with Crippen LogP contribution >= 0.6 is 23.4 Å². The Bertz CT molecular complexity index is 1060. The third-order valence-corrected chi connectivity index (χ3v) is 7.48. The number of thioether (sulfide) groups is 1. The van der Waals surface area contributed by atoms with Crippen LogP contribution in [0.15, 0.2) is 54.6 Å². The number of urea groups is 1. The SMILES string of the molecule is CN1C(=O)C2C(SCC(=O)N(C)c3ccccc3)NC(c3cccc(Cl)c3)NC2N(C)C1=O. The summed E-state index contributed by atoms with van der Waals surface area (Å²) in [7, 11) is 4.89. The number of hydrogen-bond acceptors (Lipinski definition) is 6. The molecule has 2 aliphatic rings. The second-order valence-corrected chi connectivity index (χ2v) is 9.67. The van der Waals surface area contributed by atoms with Crippen LogP contribution in [-0.2, 0) is 9.59 Å². The topological polar surface area (TPSA) is 85.0 Å². The van der Waals surface area contributed by atoms with Crippen LogP contribution in [0, 0.1) is 5.92 Å². The lowest BCUT2D eigenvalue weighted by Gasteiger charge is -2.50. The average molecular weight is 488 g/mol. The second-order valence-electron chi connectivity index (χ2n) is 8.10. The van der Waals surface area contributed by atoms with Crippen molar-refractivity contribution in [2.24, 2.45) is 5.92 Å². The summed E-state index contributed by atoms with van der Waals surface area (Å²) in [6.45, 7) is 0. The number of imide groups is 1. The molecule has 2 aromatic rings. The molecule has 2 N–H and O–H groups in total. The summed E-state index contributed by atoms with van der Waals surface area (Å²) >= 11 is 7.56. The van der Waals surface area contributed by atoms with Crippen molar-refractivity contribution in [3.63, 3.8) is 0 Å². The maximum Gasteiger partial charge on any atom is 0.327 e. The van der Waals surface area contributed by atoms with Crippen molar-refractivity contribution < 1.29 is 14.4 Å². The van der Waals surface area contributed by atoms with Crippen molar-refractivity contribution in [2.45, 2.75) is 17.7 Å². The predicted octanol–water partition coefficient (Wildman–Crippen LogP) is 2.72. The minimum Gasteiger partial charge on any atom is -0.315 e. The van der Waals surface area contributed by atoms with Crippen LogP contribution in [-0.4, -0.2) is 66.1 Å². The summed E-state index contributed by atoms with van der Waals surface area (Å²) < 4.78 is 0. The van der Waals surface area contributed by atoms with E-state index in [4.69, 9.17) is 11.6 Å². The lowest BCUT2D eigenvalue weighted by molar-refractivity contribution is -0.140. The van der Waals surface area contributed by atoms with Gasteiger partial charge in [-0.1, -0.05) is 41.9 Å². The van der Waals surface area contributed by atoms with E-state index in [0.29, 0.717) is 5.02 Å². The molecule has 2 aliphatic heterocycles. The Balaban J connectivity index is 1.57. The van der Waals surface area contributed by atoms with E-state index in [1.54, 1.807) is 25.1 Å². The van der Waals surface area contributed by atoms with Crippen molar-refractivity contribution in [1.29, 1.82) is 0 Å². The van der Waals surface area contributed by atoms with Crippen molar-refractivity contribution in [2.75, 3.05) is 31.8 Å². The molecule has 4 amide bonds. The lowest BCUT2D eigenvalue weighted by Crippen LogP contribution is -2.72. The second kappa shape index (κ2) is 9.72. The number of fused-ring (bicyclic) bond motifs is 1. The molecule has 174 valence electrons. The van der Waals surface area contributed by atoms with Crippen LogP contribution in [0.5, 0.6) is 0 Å². The highest BCUT2D eigenvalue weighted by Crippen LogP contribution is 2.35. The van der Waals surface area contributed by atoms with Crippen LogP contribution in [0.1, 0.15) is 11.7 Å². The first-order valence-electron chi connectivity index (χ1n) is 10.5. The molecule has 4 atom stereocenters. The van der Waals surface area contributed by atoms with E-state index in [1.807, 2.05) is 48.5 Å². The van der Waals surface area contributed by atoms with Crippen LogP contribution in [0.25, 0.3) is 0 Å². The van der Waals surface area contributed by atoms with Gasteiger partial charge in [-0.2, -0.15) is 0 Å². The van der Waals surface area contributed by atoms with Crippen molar-refractivity contribution in [3.05, 3.63) is 65.2 Å². The number of rotatable bonds is 5. The quantitative estimate of drug-likeness (QED) is 0.674. The van der Waals surface area contributed by atoms with Gasteiger partial charge in [-0.25, -0.2) is 4.79 Å². The molecule has 0 saturated carbocycles. The highest BCUT2D eigenvalue weighted by Gasteiger charge is 2.51. The van der Waals surface area contributed by atoms with Gasteiger partial charge in [0.05, 0.1) is 29.4 Å². The number of benzene rings is 2. The van der Waals surface area contributed by atoms with Gasteiger partial charge in [-0.05, 0) is 29.8 Å². The molecule has 10 heteroatoms. The summed E-state index contributed by atoms with van der Waals surface area (Å²) in [4.78, 5) is 42.8. The Kier molecular flexibility index (Phi) is 6.94. The Morgan fingerprint density at radius 1 is 1.09 bits per heavy atom. The van der Waals surface area contributed by atoms with Gasteiger partial charge < -0.3 is 9.80 Å². The number of amides is 4. The number of halogens is 1. The van der Waals surface area contributed by atoms with E-state index in [9.17, 15) is 14.4 Å². The number of anilines is 1. The molecular formula is C23H26ClN5O3S. The van der Waals surface area contributed by atoms with Crippen LogP contribution in [0.2, 0.25) is 5.02 Å². The number of hydrogen-bond donors (Lipinski definition) is 2. The zero-order chi connectivity index (χ0) is 23.7. The van der Waals surface area contributed by atoms with Crippen LogP contribution in [0.3, 0.4) is 0 Å². The minimum absolute atomic E-state index is 0.0802. The lowest BCUT2D eigenvalue weighted by atomic mass is 9.96. The summed E-state index contributed by atoms with van der Waals surface area (Å²) in [5.74, 6) is -0.756. The summed E-state index contributed by atoms with van der Waals surface area (Å²) in [6.07, 6.45) is -0.873. The molecule has 2 aromatic carbocycles. The van der Waals surface area contributed by atoms with Crippen molar-refractivity contribution in [3.8, 4) is 0 Å². The van der Waals surface area contributed by atoms with Gasteiger partial charge in [0.25, 0.3) is 0 Å². The molecule has 8 nitrogen and oxygen atoms in total. The summed E-state index contributed by atoms with van der Waals surface area (Å²) in [6, 6.07) is 16.4. The Hall–Kier alpha value is -2.59. The molecule has 0 bridgehead atoms. The highest BCUT2D eigenvalue weighted by molar-refractivity contribution is 8.00. The van der Waals surface area contributed by atoms with E-state index in [0.717, 1.165) is 16.2 Å². The molecule has 4 unspecified atom stereocenters. The standard InChI is InChI=1S/C23H26ClN5O3S/c1-27(16-10-5-4-6-11-16)17(30)13-33-21-18-20(28(2)23(32)29(3)22(18)31)25-19(26-21)14-8-7-9-15(24)12-14/h4-12,18-21,25-26H,13H2,1-3H3. The molecule has 0 aliphatic carbocycles. The fraction of sp³-hybridized carbons (Fsp3) is 0.348. The molecule has 2 fully saturated rings. The number of carbonyl (C=O) groups is 3. The summed E-state index contributed by atoms with van der Waals surface area (Å²) in [5, 5.41) is 7.01. The largest absolute Gasteiger partial charge is 0.327 e. The molecule has 2 saturated heterocycles. The number of nitrogens with one attached hydrogen (secondary N) is 2. The molecule has 33 heavy (non-hydrogen) atoms. The first-order valence-corrected chi connectivity index (χ1v) is 12.0. The molecular weight excluding hydrogens is 462 g/mol. The van der Waals surface area contributed by atoms with Crippen molar-refractivity contribution >= 4 is 46.9 Å². The van der Waals surface area contributed by atoms with Crippen LogP contribution in [0.4, 0.5) is 10.5 Å². The first-order chi connectivity index (χ1) is 15.8. The Morgan fingerprint density at radius 3 is 2.52 bits per heavy atom.